The van der Waals surface area contributed by atoms with Crippen LogP contribution in [-0.4, -0.2) is 158 Å². The highest BCUT2D eigenvalue weighted by atomic mass is 16.7. The van der Waals surface area contributed by atoms with Crippen molar-refractivity contribution in [1.82, 2.24) is 0 Å². The fourth-order valence-electron chi connectivity index (χ4n) is 14.1. The van der Waals surface area contributed by atoms with Gasteiger partial charge in [0.05, 0.1) is 38.1 Å². The zero-order valence-electron chi connectivity index (χ0n) is 32.8. The third-order valence-electron chi connectivity index (χ3n) is 17.2. The smallest absolute Gasteiger partial charge is 0.186 e. The van der Waals surface area contributed by atoms with Crippen LogP contribution in [0.25, 0.3) is 0 Å². The van der Waals surface area contributed by atoms with Gasteiger partial charge in [0.25, 0.3) is 0 Å². The second kappa shape index (κ2) is 14.5. The number of hydrogen-bond acceptors (Lipinski definition) is 15. The summed E-state index contributed by atoms with van der Waals surface area (Å²) in [5.74, 6) is 0.681. The highest BCUT2D eigenvalue weighted by Gasteiger charge is 2.81. The van der Waals surface area contributed by atoms with E-state index in [-0.39, 0.29) is 59.2 Å². The van der Waals surface area contributed by atoms with Crippen molar-refractivity contribution < 1.29 is 74.4 Å². The molecule has 0 aromatic carbocycles. The number of ether oxygens (including phenoxy) is 6. The quantitative estimate of drug-likeness (QED) is 0.130. The summed E-state index contributed by atoms with van der Waals surface area (Å²) < 4.78 is 37.1. The van der Waals surface area contributed by atoms with Gasteiger partial charge < -0.3 is 74.4 Å². The van der Waals surface area contributed by atoms with Crippen LogP contribution in [0, 0.1) is 57.7 Å². The summed E-state index contributed by atoms with van der Waals surface area (Å²) in [6.07, 6.45) is -7.56. The third kappa shape index (κ3) is 5.92. The number of aliphatic hydroxyl groups is 9. The van der Waals surface area contributed by atoms with Crippen LogP contribution in [0.15, 0.2) is 0 Å². The lowest BCUT2D eigenvalue weighted by molar-refractivity contribution is -0.327. The van der Waals surface area contributed by atoms with E-state index in [1.807, 2.05) is 6.92 Å². The average Bonchev–Trinajstić information content (AvgIpc) is 3.61. The van der Waals surface area contributed by atoms with E-state index in [0.717, 1.165) is 38.5 Å². The molecule has 316 valence electrons. The van der Waals surface area contributed by atoms with E-state index in [9.17, 15) is 46.0 Å². The molecule has 1 spiro atoms. The SMILES string of the molecule is CO[C@]1(CC[C@H](C)CO[C@@H]2O[C@H](CO)[C@@H](O)[C@H](O)[C@H]2O)O[C@H]2C[C@H]3[C@@H]4C[C@@H](O)[C@]56C[C@@H]5C[C@@H](O[C@@H]5O[C@H](CO)[C@@H](O)[C@H](O)[C@H]5O)[C@]6(C)[C@H]4CC[C@]3(C)C2C1C. The first kappa shape index (κ1) is 41.1. The second-order valence-corrected chi connectivity index (χ2v) is 19.4. The Morgan fingerprint density at radius 2 is 1.44 bits per heavy atom. The van der Waals surface area contributed by atoms with Gasteiger partial charge >= 0.3 is 0 Å². The highest BCUT2D eigenvalue weighted by Crippen LogP contribution is 2.82. The third-order valence-corrected chi connectivity index (χ3v) is 17.2. The van der Waals surface area contributed by atoms with Gasteiger partial charge in [-0.2, -0.15) is 0 Å². The van der Waals surface area contributed by atoms with Gasteiger partial charge in [0.2, 0.25) is 0 Å². The van der Waals surface area contributed by atoms with Crippen molar-refractivity contribution in [3.63, 3.8) is 0 Å². The van der Waals surface area contributed by atoms with Crippen molar-refractivity contribution in [2.24, 2.45) is 57.7 Å². The zero-order chi connectivity index (χ0) is 39.6. The summed E-state index contributed by atoms with van der Waals surface area (Å²) in [7, 11) is 1.71. The van der Waals surface area contributed by atoms with Crippen molar-refractivity contribution in [3.8, 4) is 0 Å². The van der Waals surface area contributed by atoms with E-state index in [0.29, 0.717) is 24.7 Å². The Labute approximate surface area is 323 Å². The Hall–Kier alpha value is -0.600. The Bertz CT molecular complexity index is 1390. The molecule has 0 radical (unpaired) electrons. The number of methoxy groups -OCH3 is 1. The van der Waals surface area contributed by atoms with Crippen LogP contribution in [-0.2, 0) is 28.4 Å². The van der Waals surface area contributed by atoms with Crippen molar-refractivity contribution in [1.29, 1.82) is 0 Å². The molecule has 8 fully saturated rings. The minimum absolute atomic E-state index is 0.0105. The summed E-state index contributed by atoms with van der Waals surface area (Å²) in [5, 5.41) is 93.8. The minimum atomic E-state index is -1.51. The molecule has 0 aromatic heterocycles. The number of rotatable bonds is 11. The largest absolute Gasteiger partial charge is 0.394 e. The van der Waals surface area contributed by atoms with Crippen LogP contribution >= 0.6 is 0 Å². The van der Waals surface area contributed by atoms with Gasteiger partial charge in [-0.05, 0) is 85.9 Å². The van der Waals surface area contributed by atoms with Gasteiger partial charge in [0.1, 0.15) is 48.8 Å². The minimum Gasteiger partial charge on any atom is -0.394 e. The summed E-state index contributed by atoms with van der Waals surface area (Å²) in [6.45, 7) is 8.13. The predicted octanol–water partition coefficient (Wildman–Crippen LogP) is -0.369. The van der Waals surface area contributed by atoms with Crippen LogP contribution < -0.4 is 0 Å². The predicted molar refractivity (Wildman–Crippen MR) is 190 cm³/mol. The van der Waals surface area contributed by atoms with Crippen molar-refractivity contribution in [2.75, 3.05) is 26.9 Å². The van der Waals surface area contributed by atoms with E-state index < -0.39 is 91.9 Å². The maximum Gasteiger partial charge on any atom is 0.186 e. The van der Waals surface area contributed by atoms with Crippen LogP contribution in [0.3, 0.4) is 0 Å². The molecule has 5 saturated carbocycles. The molecule has 3 heterocycles. The lowest BCUT2D eigenvalue weighted by Crippen LogP contribution is -2.63. The van der Waals surface area contributed by atoms with Crippen molar-refractivity contribution >= 4 is 0 Å². The molecule has 0 bridgehead atoms. The van der Waals surface area contributed by atoms with E-state index in [1.54, 1.807) is 7.11 Å². The average molecular weight is 787 g/mol. The standard InChI is InChI=1S/C40H66O15/c1-17(16-51-35-33(48)31(46)29(44)24(14-41)52-35)6-9-40(50-5)18(2)28-23(55-40)12-22-20-11-26(43)39-13-19(39)10-27(38(39,4)21(20)7-8-37(22,28)3)54-36-34(49)32(47)30(45)25(15-42)53-36/h17-36,41-49H,6-16H2,1-5H3/t17-,18?,19-,20+,21-,22-,23-,24+,25+,26+,27+,28?,29+,30+,31-,32-,33+,34+,35+,36-,37-,38-,39-,40+/m0/s1. The lowest BCUT2D eigenvalue weighted by Gasteiger charge is -2.62. The maximum absolute atomic E-state index is 12.1. The Balaban J connectivity index is 0.943. The second-order valence-electron chi connectivity index (χ2n) is 19.4. The molecule has 9 N–H and O–H groups in total. The molecule has 3 saturated heterocycles. The first-order chi connectivity index (χ1) is 26.0. The first-order valence-electron chi connectivity index (χ1n) is 20.8. The molecule has 55 heavy (non-hydrogen) atoms. The topological polar surface area (TPSA) is 237 Å². The van der Waals surface area contributed by atoms with Crippen molar-refractivity contribution in [2.45, 2.75) is 165 Å². The molecular formula is C40H66O15. The zero-order valence-corrected chi connectivity index (χ0v) is 32.8. The van der Waals surface area contributed by atoms with Gasteiger partial charge in [-0.25, -0.2) is 0 Å². The van der Waals surface area contributed by atoms with Crippen LogP contribution in [0.4, 0.5) is 0 Å². The Morgan fingerprint density at radius 3 is 2.07 bits per heavy atom. The van der Waals surface area contributed by atoms with Gasteiger partial charge in [0, 0.05) is 30.3 Å². The molecule has 24 atom stereocenters. The summed E-state index contributed by atoms with van der Waals surface area (Å²) in [6, 6.07) is 0. The molecule has 0 aromatic rings. The fraction of sp³-hybridized carbons (Fsp3) is 1.00. The lowest BCUT2D eigenvalue weighted by atomic mass is 9.44. The van der Waals surface area contributed by atoms with E-state index in [1.165, 1.54) is 0 Å². The van der Waals surface area contributed by atoms with Crippen LogP contribution in [0.2, 0.25) is 0 Å². The summed E-state index contributed by atoms with van der Waals surface area (Å²) >= 11 is 0. The van der Waals surface area contributed by atoms with Crippen LogP contribution in [0.5, 0.6) is 0 Å². The van der Waals surface area contributed by atoms with Gasteiger partial charge in [0.15, 0.2) is 18.4 Å². The fourth-order valence-corrected chi connectivity index (χ4v) is 14.1. The molecule has 8 rings (SSSR count). The Morgan fingerprint density at radius 1 is 0.800 bits per heavy atom. The molecule has 2 unspecified atom stereocenters. The maximum atomic E-state index is 12.1. The number of fused-ring (bicyclic) bond motifs is 6. The summed E-state index contributed by atoms with van der Waals surface area (Å²) in [4.78, 5) is 0. The molecule has 0 amide bonds. The van der Waals surface area contributed by atoms with E-state index >= 15 is 0 Å². The Kier molecular flexibility index (Phi) is 10.9. The monoisotopic (exact) mass is 786 g/mol. The normalized spacial score (nSPS) is 58.7. The molecule has 15 nitrogen and oxygen atoms in total. The van der Waals surface area contributed by atoms with E-state index in [2.05, 4.69) is 20.8 Å². The van der Waals surface area contributed by atoms with E-state index in [4.69, 9.17) is 28.4 Å². The molecule has 5 aliphatic carbocycles. The van der Waals surface area contributed by atoms with Crippen molar-refractivity contribution in [3.05, 3.63) is 0 Å². The first-order valence-corrected chi connectivity index (χ1v) is 20.8. The van der Waals surface area contributed by atoms with Gasteiger partial charge in [-0.3, -0.25) is 0 Å². The number of aliphatic hydroxyl groups excluding tert-OH is 9. The molecule has 8 aliphatic rings. The molecule has 3 aliphatic heterocycles. The number of hydrogen-bond donors (Lipinski definition) is 9. The molecule has 15 heteroatoms. The summed E-state index contributed by atoms with van der Waals surface area (Å²) in [5.41, 5.74) is -0.707. The highest BCUT2D eigenvalue weighted by molar-refractivity contribution is 5.29. The van der Waals surface area contributed by atoms with Gasteiger partial charge in [-0.15, -0.1) is 0 Å². The van der Waals surface area contributed by atoms with Gasteiger partial charge in [-0.1, -0.05) is 27.7 Å². The van der Waals surface area contributed by atoms with Crippen LogP contribution in [0.1, 0.15) is 79.1 Å². The molecular weight excluding hydrogens is 720 g/mol.